The second kappa shape index (κ2) is 4.94. The Morgan fingerprint density at radius 3 is 3.06 bits per heavy atom. The van der Waals surface area contributed by atoms with Crippen LogP contribution in [0.3, 0.4) is 0 Å². The van der Waals surface area contributed by atoms with Crippen molar-refractivity contribution >= 4 is 0 Å². The van der Waals surface area contributed by atoms with Crippen molar-refractivity contribution in [1.29, 1.82) is 0 Å². The van der Waals surface area contributed by atoms with Crippen LogP contribution in [0.1, 0.15) is 30.1 Å². The van der Waals surface area contributed by atoms with Gasteiger partial charge in [-0.05, 0) is 25.5 Å². The molecule has 1 atom stereocenters. The molecule has 16 heavy (non-hydrogen) atoms. The fourth-order valence-corrected chi connectivity index (χ4v) is 1.68. The summed E-state index contributed by atoms with van der Waals surface area (Å²) in [5.74, 6) is 1.90. The summed E-state index contributed by atoms with van der Waals surface area (Å²) in [7, 11) is 0. The Bertz CT molecular complexity index is 421. The lowest BCUT2D eigenvalue weighted by molar-refractivity contribution is 0.429. The molecule has 0 saturated carbocycles. The number of aromatic nitrogens is 3. The quantitative estimate of drug-likeness (QED) is 0.803. The summed E-state index contributed by atoms with van der Waals surface area (Å²) >= 11 is 0. The smallest absolute Gasteiger partial charge is 0.137 e. The summed E-state index contributed by atoms with van der Waals surface area (Å²) in [6, 6.07) is 2.20. The minimum Gasteiger partial charge on any atom is -0.467 e. The van der Waals surface area contributed by atoms with Crippen LogP contribution in [0.5, 0.6) is 0 Å². The molecule has 0 aliphatic rings. The Labute approximate surface area is 94.3 Å². The van der Waals surface area contributed by atoms with Crippen molar-refractivity contribution in [3.63, 3.8) is 0 Å². The average Bonchev–Trinajstić information content (AvgIpc) is 2.88. The van der Waals surface area contributed by atoms with E-state index >= 15 is 0 Å². The molecule has 0 aliphatic heterocycles. The summed E-state index contributed by atoms with van der Waals surface area (Å²) < 4.78 is 5.42. The second-order valence-electron chi connectivity index (χ2n) is 3.83. The van der Waals surface area contributed by atoms with Crippen molar-refractivity contribution in [2.45, 2.75) is 26.3 Å². The number of aryl methyl sites for hydroxylation is 1. The molecular weight excluding hydrogens is 204 g/mol. The molecule has 86 valence electrons. The molecule has 0 radical (unpaired) electrons. The number of nitrogens with zero attached hydrogens (tertiary/aromatic N) is 2. The molecule has 0 amide bonds. The molecule has 5 nitrogen and oxygen atoms in total. The molecule has 0 aliphatic carbocycles. The average molecular weight is 220 g/mol. The van der Waals surface area contributed by atoms with Crippen molar-refractivity contribution in [2.24, 2.45) is 0 Å². The monoisotopic (exact) mass is 220 g/mol. The molecule has 2 aromatic heterocycles. The Kier molecular flexibility index (Phi) is 3.36. The number of hydrogen-bond donors (Lipinski definition) is 2. The molecule has 0 saturated heterocycles. The standard InChI is InChI=1S/C11H16N4O/c1-8-4-6-16-11(8)9(2)12-5-3-10-13-7-14-15-10/h4,6-7,9,12H,3,5H2,1-2H3,(H,13,14,15). The van der Waals surface area contributed by atoms with Crippen molar-refractivity contribution in [3.8, 4) is 0 Å². The number of hydrogen-bond acceptors (Lipinski definition) is 4. The van der Waals surface area contributed by atoms with Crippen LogP contribution in [-0.4, -0.2) is 21.7 Å². The zero-order chi connectivity index (χ0) is 11.4. The lowest BCUT2D eigenvalue weighted by atomic mass is 10.2. The third kappa shape index (κ3) is 2.49. The van der Waals surface area contributed by atoms with Gasteiger partial charge in [0.05, 0.1) is 12.3 Å². The largest absolute Gasteiger partial charge is 0.467 e. The van der Waals surface area contributed by atoms with Gasteiger partial charge in [-0.3, -0.25) is 5.10 Å². The van der Waals surface area contributed by atoms with E-state index < -0.39 is 0 Å². The van der Waals surface area contributed by atoms with Crippen LogP contribution in [0, 0.1) is 6.92 Å². The van der Waals surface area contributed by atoms with Crippen LogP contribution in [-0.2, 0) is 6.42 Å². The topological polar surface area (TPSA) is 66.7 Å². The predicted octanol–water partition coefficient (Wildman–Crippen LogP) is 1.60. The highest BCUT2D eigenvalue weighted by molar-refractivity contribution is 5.17. The number of H-pyrrole nitrogens is 1. The fourth-order valence-electron chi connectivity index (χ4n) is 1.68. The van der Waals surface area contributed by atoms with Gasteiger partial charge in [0.25, 0.3) is 0 Å². The molecule has 2 aromatic rings. The molecule has 0 aromatic carbocycles. The highest BCUT2D eigenvalue weighted by Gasteiger charge is 2.10. The van der Waals surface area contributed by atoms with Crippen molar-refractivity contribution < 1.29 is 4.42 Å². The highest BCUT2D eigenvalue weighted by atomic mass is 16.3. The lowest BCUT2D eigenvalue weighted by Gasteiger charge is -2.11. The predicted molar refractivity (Wildman–Crippen MR) is 59.9 cm³/mol. The normalized spacial score (nSPS) is 12.9. The van der Waals surface area contributed by atoms with Crippen LogP contribution in [0.2, 0.25) is 0 Å². The van der Waals surface area contributed by atoms with Crippen molar-refractivity contribution in [1.82, 2.24) is 20.5 Å². The molecule has 5 heteroatoms. The number of aromatic amines is 1. The Balaban J connectivity index is 1.80. The Morgan fingerprint density at radius 2 is 2.44 bits per heavy atom. The van der Waals surface area contributed by atoms with Crippen molar-refractivity contribution in [3.05, 3.63) is 35.8 Å². The number of rotatable bonds is 5. The third-order valence-corrected chi connectivity index (χ3v) is 2.57. The van der Waals surface area contributed by atoms with Gasteiger partial charge in [-0.15, -0.1) is 0 Å². The molecule has 0 spiro atoms. The number of furan rings is 1. The van der Waals surface area contributed by atoms with E-state index in [4.69, 9.17) is 4.42 Å². The van der Waals surface area contributed by atoms with E-state index in [0.717, 1.165) is 24.6 Å². The first kappa shape index (κ1) is 10.9. The minimum absolute atomic E-state index is 0.220. The first-order valence-electron chi connectivity index (χ1n) is 5.39. The van der Waals surface area contributed by atoms with Crippen LogP contribution < -0.4 is 5.32 Å². The third-order valence-electron chi connectivity index (χ3n) is 2.57. The van der Waals surface area contributed by atoms with Crippen LogP contribution in [0.4, 0.5) is 0 Å². The van der Waals surface area contributed by atoms with E-state index in [1.165, 1.54) is 11.9 Å². The summed E-state index contributed by atoms with van der Waals surface area (Å²) in [6.45, 7) is 4.98. The summed E-state index contributed by atoms with van der Waals surface area (Å²) in [5.41, 5.74) is 1.18. The summed E-state index contributed by atoms with van der Waals surface area (Å²) in [5, 5.41) is 10.0. The first-order chi connectivity index (χ1) is 7.77. The number of nitrogens with one attached hydrogen (secondary N) is 2. The maximum Gasteiger partial charge on any atom is 0.137 e. The van der Waals surface area contributed by atoms with E-state index in [-0.39, 0.29) is 6.04 Å². The molecule has 2 heterocycles. The maximum atomic E-state index is 5.42. The summed E-state index contributed by atoms with van der Waals surface area (Å²) in [4.78, 5) is 4.06. The van der Waals surface area contributed by atoms with Gasteiger partial charge in [0.15, 0.2) is 0 Å². The van der Waals surface area contributed by atoms with Gasteiger partial charge in [-0.25, -0.2) is 4.98 Å². The zero-order valence-corrected chi connectivity index (χ0v) is 9.53. The van der Waals surface area contributed by atoms with Gasteiger partial charge in [-0.2, -0.15) is 5.10 Å². The first-order valence-corrected chi connectivity index (χ1v) is 5.39. The van der Waals surface area contributed by atoms with Gasteiger partial charge in [-0.1, -0.05) is 0 Å². The van der Waals surface area contributed by atoms with Gasteiger partial charge in [0.1, 0.15) is 17.9 Å². The molecular formula is C11H16N4O. The van der Waals surface area contributed by atoms with Gasteiger partial charge in [0.2, 0.25) is 0 Å². The van der Waals surface area contributed by atoms with Gasteiger partial charge < -0.3 is 9.73 Å². The Morgan fingerprint density at radius 1 is 1.56 bits per heavy atom. The van der Waals surface area contributed by atoms with Gasteiger partial charge in [0, 0.05) is 13.0 Å². The van der Waals surface area contributed by atoms with Crippen LogP contribution >= 0.6 is 0 Å². The molecule has 2 rings (SSSR count). The van der Waals surface area contributed by atoms with E-state index in [9.17, 15) is 0 Å². The van der Waals surface area contributed by atoms with Crippen LogP contribution in [0.15, 0.2) is 23.1 Å². The zero-order valence-electron chi connectivity index (χ0n) is 9.53. The second-order valence-corrected chi connectivity index (χ2v) is 3.83. The molecule has 0 bridgehead atoms. The van der Waals surface area contributed by atoms with Crippen molar-refractivity contribution in [2.75, 3.05) is 6.54 Å². The minimum atomic E-state index is 0.220. The molecule has 2 N–H and O–H groups in total. The van der Waals surface area contributed by atoms with Gasteiger partial charge >= 0.3 is 0 Å². The summed E-state index contributed by atoms with van der Waals surface area (Å²) in [6.07, 6.45) is 4.08. The van der Waals surface area contributed by atoms with E-state index in [1.807, 2.05) is 13.0 Å². The molecule has 0 fully saturated rings. The van der Waals surface area contributed by atoms with Crippen LogP contribution in [0.25, 0.3) is 0 Å². The van der Waals surface area contributed by atoms with E-state index in [0.29, 0.717) is 0 Å². The highest BCUT2D eigenvalue weighted by Crippen LogP contribution is 2.17. The molecule has 1 unspecified atom stereocenters. The lowest BCUT2D eigenvalue weighted by Crippen LogP contribution is -2.21. The Hall–Kier alpha value is -1.62. The van der Waals surface area contributed by atoms with E-state index in [1.54, 1.807) is 6.26 Å². The maximum absolute atomic E-state index is 5.42. The van der Waals surface area contributed by atoms with E-state index in [2.05, 4.69) is 27.4 Å². The fraction of sp³-hybridized carbons (Fsp3) is 0.455. The SMILES string of the molecule is Cc1ccoc1C(C)NCCc1ncn[nH]1.